The highest BCUT2D eigenvalue weighted by Gasteiger charge is 2.38. The van der Waals surface area contributed by atoms with Crippen molar-refractivity contribution in [2.45, 2.75) is 105 Å². The van der Waals surface area contributed by atoms with E-state index in [-0.39, 0.29) is 18.7 Å². The molecule has 43 heavy (non-hydrogen) atoms. The molecule has 0 fully saturated rings. The van der Waals surface area contributed by atoms with Crippen LogP contribution < -0.4 is 4.74 Å². The standard InChI is InChI=1S/C33H45NO9/c1-31(2,3)41-27(35)19-26(29(37)42-32(4,5)6)34(30(38)43-33(7,8)9)20-23-16-24(28(36)39-10)18-25(17-23)40-21-22-14-12-11-13-15-22/h11-18,26H,19-21H2,1-10H3/t26-/m0/s1. The second kappa shape index (κ2) is 14.4. The highest BCUT2D eigenvalue weighted by atomic mass is 16.6. The van der Waals surface area contributed by atoms with Crippen molar-refractivity contribution in [2.24, 2.45) is 0 Å². The van der Waals surface area contributed by atoms with Crippen molar-refractivity contribution in [3.8, 4) is 5.75 Å². The van der Waals surface area contributed by atoms with E-state index in [9.17, 15) is 19.2 Å². The lowest BCUT2D eigenvalue weighted by molar-refractivity contribution is -0.168. The maximum absolute atomic E-state index is 13.6. The fraction of sp³-hybridized carbons (Fsp3) is 0.515. The highest BCUT2D eigenvalue weighted by Crippen LogP contribution is 2.25. The van der Waals surface area contributed by atoms with Gasteiger partial charge in [-0.3, -0.25) is 9.69 Å². The number of nitrogens with zero attached hydrogens (tertiary/aromatic N) is 1. The van der Waals surface area contributed by atoms with Gasteiger partial charge in [0.2, 0.25) is 0 Å². The summed E-state index contributed by atoms with van der Waals surface area (Å²) < 4.78 is 27.7. The molecule has 0 spiro atoms. The number of carbonyl (C=O) groups excluding carboxylic acids is 4. The van der Waals surface area contributed by atoms with Crippen LogP contribution in [-0.4, -0.2) is 58.9 Å². The summed E-state index contributed by atoms with van der Waals surface area (Å²) in [5, 5.41) is 0. The van der Waals surface area contributed by atoms with E-state index in [0.717, 1.165) is 10.5 Å². The molecule has 0 saturated heterocycles. The van der Waals surface area contributed by atoms with E-state index in [1.807, 2.05) is 30.3 Å². The van der Waals surface area contributed by atoms with Crippen LogP contribution in [0.1, 0.15) is 90.2 Å². The number of rotatable bonds is 10. The number of hydrogen-bond acceptors (Lipinski definition) is 9. The number of esters is 3. The zero-order valence-electron chi connectivity index (χ0n) is 26.9. The SMILES string of the molecule is COC(=O)c1cc(CN(C(=O)OC(C)(C)C)[C@@H](CC(=O)OC(C)(C)C)C(=O)OC(C)(C)C)cc(OCc2ccccc2)c1. The van der Waals surface area contributed by atoms with E-state index < -0.39 is 53.3 Å². The number of ether oxygens (including phenoxy) is 5. The van der Waals surface area contributed by atoms with Crippen molar-refractivity contribution in [1.82, 2.24) is 4.90 Å². The van der Waals surface area contributed by atoms with Gasteiger partial charge >= 0.3 is 24.0 Å². The Balaban J connectivity index is 2.58. The van der Waals surface area contributed by atoms with Crippen molar-refractivity contribution < 1.29 is 42.9 Å². The van der Waals surface area contributed by atoms with Crippen LogP contribution in [0, 0.1) is 0 Å². The van der Waals surface area contributed by atoms with E-state index in [2.05, 4.69) is 0 Å². The van der Waals surface area contributed by atoms with Crippen LogP contribution in [-0.2, 0) is 41.7 Å². The van der Waals surface area contributed by atoms with Gasteiger partial charge in [0.25, 0.3) is 0 Å². The summed E-state index contributed by atoms with van der Waals surface area (Å²) in [6.45, 7) is 15.2. The summed E-state index contributed by atoms with van der Waals surface area (Å²) in [7, 11) is 1.26. The Labute approximate surface area is 254 Å². The minimum atomic E-state index is -1.40. The summed E-state index contributed by atoms with van der Waals surface area (Å²) in [4.78, 5) is 53.8. The molecule has 1 amide bonds. The molecule has 0 aromatic heterocycles. The van der Waals surface area contributed by atoms with Crippen LogP contribution in [0.2, 0.25) is 0 Å². The highest BCUT2D eigenvalue weighted by molar-refractivity contribution is 5.90. The summed E-state index contributed by atoms with van der Waals surface area (Å²) in [6.07, 6.45) is -1.35. The van der Waals surface area contributed by atoms with Crippen LogP contribution in [0.15, 0.2) is 48.5 Å². The molecule has 2 aromatic carbocycles. The Morgan fingerprint density at radius 2 is 1.33 bits per heavy atom. The average molecular weight is 600 g/mol. The van der Waals surface area contributed by atoms with Gasteiger partial charge in [-0.05, 0) is 91.6 Å². The van der Waals surface area contributed by atoms with Crippen molar-refractivity contribution in [3.63, 3.8) is 0 Å². The van der Waals surface area contributed by atoms with E-state index in [4.69, 9.17) is 23.7 Å². The molecule has 2 aromatic rings. The van der Waals surface area contributed by atoms with Gasteiger partial charge < -0.3 is 23.7 Å². The maximum atomic E-state index is 13.6. The molecular formula is C33H45NO9. The number of benzene rings is 2. The number of amides is 1. The van der Waals surface area contributed by atoms with Crippen LogP contribution in [0.3, 0.4) is 0 Å². The normalized spacial score (nSPS) is 12.5. The number of carbonyl (C=O) groups is 4. The lowest BCUT2D eigenvalue weighted by Crippen LogP contribution is -2.50. The van der Waals surface area contributed by atoms with Gasteiger partial charge in [0.15, 0.2) is 0 Å². The van der Waals surface area contributed by atoms with Crippen molar-refractivity contribution >= 4 is 24.0 Å². The van der Waals surface area contributed by atoms with E-state index in [1.165, 1.54) is 19.2 Å². The third-order valence-corrected chi connectivity index (χ3v) is 5.45. The first kappa shape index (κ1) is 35.1. The Kier molecular flexibility index (Phi) is 11.8. The maximum Gasteiger partial charge on any atom is 0.411 e. The number of methoxy groups -OCH3 is 1. The van der Waals surface area contributed by atoms with Crippen molar-refractivity contribution in [3.05, 3.63) is 65.2 Å². The first-order valence-electron chi connectivity index (χ1n) is 14.1. The molecule has 236 valence electrons. The first-order chi connectivity index (χ1) is 19.8. The summed E-state index contributed by atoms with van der Waals surface area (Å²) in [5.41, 5.74) is -1.15. The molecule has 10 nitrogen and oxygen atoms in total. The Bertz CT molecular complexity index is 1270. The first-order valence-corrected chi connectivity index (χ1v) is 14.1. The zero-order chi connectivity index (χ0) is 32.6. The summed E-state index contributed by atoms with van der Waals surface area (Å²) in [5.74, 6) is -1.79. The second-order valence-corrected chi connectivity index (χ2v) is 13.1. The number of hydrogen-bond donors (Lipinski definition) is 0. The molecule has 0 aliphatic heterocycles. The van der Waals surface area contributed by atoms with Crippen molar-refractivity contribution in [2.75, 3.05) is 7.11 Å². The van der Waals surface area contributed by atoms with Gasteiger partial charge in [0, 0.05) is 0 Å². The lowest BCUT2D eigenvalue weighted by atomic mass is 10.1. The minimum Gasteiger partial charge on any atom is -0.489 e. The third-order valence-electron chi connectivity index (χ3n) is 5.45. The molecule has 1 atom stereocenters. The van der Waals surface area contributed by atoms with Gasteiger partial charge in [-0.25, -0.2) is 14.4 Å². The molecule has 0 saturated carbocycles. The van der Waals surface area contributed by atoms with Crippen molar-refractivity contribution in [1.29, 1.82) is 0 Å². The third kappa shape index (κ3) is 12.8. The van der Waals surface area contributed by atoms with Crippen LogP contribution in [0.5, 0.6) is 5.75 Å². The molecule has 0 heterocycles. The van der Waals surface area contributed by atoms with E-state index in [0.29, 0.717) is 11.3 Å². The Morgan fingerprint density at radius 3 is 1.86 bits per heavy atom. The smallest absolute Gasteiger partial charge is 0.411 e. The largest absolute Gasteiger partial charge is 0.489 e. The second-order valence-electron chi connectivity index (χ2n) is 13.1. The van der Waals surface area contributed by atoms with E-state index in [1.54, 1.807) is 68.4 Å². The van der Waals surface area contributed by atoms with Gasteiger partial charge in [-0.1, -0.05) is 30.3 Å². The summed E-state index contributed by atoms with van der Waals surface area (Å²) >= 11 is 0. The predicted molar refractivity (Wildman–Crippen MR) is 160 cm³/mol. The average Bonchev–Trinajstić information content (AvgIpc) is 2.86. The lowest BCUT2D eigenvalue weighted by Gasteiger charge is -2.34. The molecule has 0 radical (unpaired) electrons. The fourth-order valence-electron chi connectivity index (χ4n) is 3.86. The molecule has 0 unspecified atom stereocenters. The molecular weight excluding hydrogens is 554 g/mol. The minimum absolute atomic E-state index is 0.174. The Morgan fingerprint density at radius 1 is 0.744 bits per heavy atom. The van der Waals surface area contributed by atoms with Gasteiger partial charge in [-0.2, -0.15) is 0 Å². The monoisotopic (exact) mass is 599 g/mol. The molecule has 2 rings (SSSR count). The zero-order valence-corrected chi connectivity index (χ0v) is 26.9. The van der Waals surface area contributed by atoms with Gasteiger partial charge in [0.1, 0.15) is 35.2 Å². The van der Waals surface area contributed by atoms with Crippen LogP contribution in [0.25, 0.3) is 0 Å². The summed E-state index contributed by atoms with van der Waals surface area (Å²) in [6, 6.07) is 12.8. The van der Waals surface area contributed by atoms with E-state index >= 15 is 0 Å². The predicted octanol–water partition coefficient (Wildman–Crippen LogP) is 6.23. The molecule has 0 aliphatic rings. The fourth-order valence-corrected chi connectivity index (χ4v) is 3.86. The molecule has 0 bridgehead atoms. The van der Waals surface area contributed by atoms with Crippen LogP contribution >= 0.6 is 0 Å². The quantitative estimate of drug-likeness (QED) is 0.231. The molecule has 0 N–H and O–H groups in total. The van der Waals surface area contributed by atoms with Gasteiger partial charge in [-0.15, -0.1) is 0 Å². The van der Waals surface area contributed by atoms with Crippen LogP contribution in [0.4, 0.5) is 4.79 Å². The van der Waals surface area contributed by atoms with Gasteiger partial charge in [0.05, 0.1) is 25.6 Å². The topological polar surface area (TPSA) is 118 Å². The molecule has 10 heteroatoms. The molecule has 0 aliphatic carbocycles. The Hall–Kier alpha value is -4.08.